The molecule has 1 aliphatic rings. The maximum absolute atomic E-state index is 13.0. The third kappa shape index (κ3) is 2.39. The predicted octanol–water partition coefficient (Wildman–Crippen LogP) is 3.28. The summed E-state index contributed by atoms with van der Waals surface area (Å²) in [7, 11) is 0. The van der Waals surface area contributed by atoms with Crippen molar-refractivity contribution < 1.29 is 9.13 Å². The van der Waals surface area contributed by atoms with Crippen molar-refractivity contribution in [2.24, 2.45) is 0 Å². The molecule has 0 saturated carbocycles. The molecule has 1 aromatic heterocycles. The molecular formula is C12H15FN2O. The highest BCUT2D eigenvalue weighted by molar-refractivity contribution is 5.74. The summed E-state index contributed by atoms with van der Waals surface area (Å²) in [5.74, 6) is 0.604. The van der Waals surface area contributed by atoms with Crippen molar-refractivity contribution in [3.63, 3.8) is 0 Å². The lowest BCUT2D eigenvalue weighted by Crippen LogP contribution is -2.12. The fourth-order valence-corrected chi connectivity index (χ4v) is 1.35. The van der Waals surface area contributed by atoms with Crippen molar-refractivity contribution in [2.75, 3.05) is 0 Å². The van der Waals surface area contributed by atoms with E-state index >= 15 is 0 Å². The number of ether oxygens (including phenoxy) is 1. The van der Waals surface area contributed by atoms with Gasteiger partial charge < -0.3 is 4.74 Å². The highest BCUT2D eigenvalue weighted by Crippen LogP contribution is 2.29. The Morgan fingerprint density at radius 1 is 1.69 bits per heavy atom. The second kappa shape index (κ2) is 5.30. The van der Waals surface area contributed by atoms with E-state index in [-0.39, 0.29) is 0 Å². The number of hydrogen-bond donors (Lipinski definition) is 0. The summed E-state index contributed by atoms with van der Waals surface area (Å²) in [5, 5.41) is 0. The number of imidazole rings is 1. The van der Waals surface area contributed by atoms with E-state index in [1.165, 1.54) is 0 Å². The van der Waals surface area contributed by atoms with Crippen LogP contribution in [0.15, 0.2) is 43.2 Å². The van der Waals surface area contributed by atoms with Crippen LogP contribution >= 0.6 is 0 Å². The summed E-state index contributed by atoms with van der Waals surface area (Å²) in [6.45, 7) is 10.6. The van der Waals surface area contributed by atoms with Gasteiger partial charge in [-0.2, -0.15) is 0 Å². The largest absolute Gasteiger partial charge is 0.476 e. The van der Waals surface area contributed by atoms with Crippen molar-refractivity contribution in [1.29, 1.82) is 0 Å². The molecule has 0 spiro atoms. The number of allylic oxidation sites excluding steroid dienone is 4. The number of aromatic nitrogens is 2. The Balaban J connectivity index is 0.000000386. The zero-order valence-corrected chi connectivity index (χ0v) is 9.53. The molecule has 3 nitrogen and oxygen atoms in total. The van der Waals surface area contributed by atoms with E-state index in [0.717, 1.165) is 0 Å². The molecule has 0 aliphatic carbocycles. The van der Waals surface area contributed by atoms with Crippen LogP contribution in [0.1, 0.15) is 19.7 Å². The molecule has 0 amide bonds. The average Bonchev–Trinajstić information content (AvgIpc) is 2.65. The maximum atomic E-state index is 13.0. The first-order valence-corrected chi connectivity index (χ1v) is 4.88. The van der Waals surface area contributed by atoms with Crippen molar-refractivity contribution >= 4 is 5.57 Å². The van der Waals surface area contributed by atoms with E-state index in [2.05, 4.69) is 18.1 Å². The first kappa shape index (κ1) is 12.2. The summed E-state index contributed by atoms with van der Waals surface area (Å²) in [4.78, 5) is 4.03. The van der Waals surface area contributed by atoms with E-state index in [4.69, 9.17) is 4.74 Å². The fourth-order valence-electron chi connectivity index (χ4n) is 1.35. The first-order valence-electron chi connectivity index (χ1n) is 4.88. The lowest BCUT2D eigenvalue weighted by atomic mass is 10.2. The smallest absolute Gasteiger partial charge is 0.165 e. The molecule has 1 aliphatic heterocycles. The van der Waals surface area contributed by atoms with Crippen LogP contribution in [-0.2, 0) is 11.5 Å². The van der Waals surface area contributed by atoms with Crippen LogP contribution in [0.25, 0.3) is 5.57 Å². The fraction of sp³-hybridized carbons (Fsp3) is 0.250. The van der Waals surface area contributed by atoms with Crippen LogP contribution in [0.3, 0.4) is 0 Å². The van der Waals surface area contributed by atoms with Crippen LogP contribution in [0.4, 0.5) is 4.39 Å². The van der Waals surface area contributed by atoms with Crippen LogP contribution in [-0.4, -0.2) is 9.55 Å². The zero-order chi connectivity index (χ0) is 12.1. The number of halogens is 1. The normalized spacial score (nSPS) is 13.2. The second-order valence-electron chi connectivity index (χ2n) is 3.24. The van der Waals surface area contributed by atoms with E-state index in [1.807, 2.05) is 6.92 Å². The molecule has 0 aromatic carbocycles. The molecule has 86 valence electrons. The van der Waals surface area contributed by atoms with E-state index in [9.17, 15) is 4.39 Å². The van der Waals surface area contributed by atoms with E-state index in [1.54, 1.807) is 30.0 Å². The summed E-state index contributed by atoms with van der Waals surface area (Å²) in [6.07, 6.45) is 5.10. The van der Waals surface area contributed by atoms with Crippen LogP contribution in [0.5, 0.6) is 0 Å². The Hall–Kier alpha value is -1.84. The molecule has 0 radical (unpaired) electrons. The average molecular weight is 222 g/mol. The molecular weight excluding hydrogens is 207 g/mol. The third-order valence-electron chi connectivity index (χ3n) is 1.98. The minimum Gasteiger partial charge on any atom is -0.476 e. The van der Waals surface area contributed by atoms with Gasteiger partial charge in [-0.05, 0) is 13.8 Å². The first-order chi connectivity index (χ1) is 7.61. The molecule has 0 bridgehead atoms. The monoisotopic (exact) mass is 222 g/mol. The molecule has 1 aromatic rings. The summed E-state index contributed by atoms with van der Waals surface area (Å²) >= 11 is 0. The van der Waals surface area contributed by atoms with E-state index in [0.29, 0.717) is 23.9 Å². The Bertz CT molecular complexity index is 432. The van der Waals surface area contributed by atoms with Crippen molar-refractivity contribution in [2.45, 2.75) is 20.6 Å². The van der Waals surface area contributed by atoms with Gasteiger partial charge in [0.2, 0.25) is 0 Å². The molecule has 0 unspecified atom stereocenters. The quantitative estimate of drug-likeness (QED) is 0.682. The van der Waals surface area contributed by atoms with Gasteiger partial charge in [0.15, 0.2) is 6.73 Å². The molecule has 2 heterocycles. The Morgan fingerprint density at radius 2 is 2.31 bits per heavy atom. The zero-order valence-electron chi connectivity index (χ0n) is 9.53. The molecule has 4 heteroatoms. The number of fused-ring (bicyclic) bond motifs is 1. The third-order valence-corrected chi connectivity index (χ3v) is 1.98. The molecule has 0 atom stereocenters. The van der Waals surface area contributed by atoms with Gasteiger partial charge in [0, 0.05) is 12.4 Å². The number of hydrogen-bond acceptors (Lipinski definition) is 2. The van der Waals surface area contributed by atoms with Gasteiger partial charge in [-0.1, -0.05) is 12.7 Å². The summed E-state index contributed by atoms with van der Waals surface area (Å²) in [6, 6.07) is 0. The SMILES string of the molecule is C=C(F)C1=C(C)OCn2ccnc21.C=CC. The molecule has 0 fully saturated rings. The second-order valence-corrected chi connectivity index (χ2v) is 3.24. The van der Waals surface area contributed by atoms with Gasteiger partial charge in [-0.15, -0.1) is 6.58 Å². The molecule has 16 heavy (non-hydrogen) atoms. The number of rotatable bonds is 1. The molecule has 2 rings (SSSR count). The maximum Gasteiger partial charge on any atom is 0.165 e. The minimum atomic E-state index is -0.510. The molecule has 0 N–H and O–H groups in total. The highest BCUT2D eigenvalue weighted by atomic mass is 19.1. The summed E-state index contributed by atoms with van der Waals surface area (Å²) < 4.78 is 20.0. The standard InChI is InChI=1S/C9H9FN2O.C3H6/c1-6(10)8-7(2)13-5-12-4-3-11-9(8)12;1-3-2/h3-4H,1,5H2,2H3;3H,1H2,2H3. The van der Waals surface area contributed by atoms with E-state index < -0.39 is 5.83 Å². The lowest BCUT2D eigenvalue weighted by molar-refractivity contribution is 0.137. The minimum absolute atomic E-state index is 0.358. The van der Waals surface area contributed by atoms with Crippen molar-refractivity contribution in [3.05, 3.63) is 49.0 Å². The van der Waals surface area contributed by atoms with Gasteiger partial charge in [-0.25, -0.2) is 9.37 Å². The predicted molar refractivity (Wildman–Crippen MR) is 62.0 cm³/mol. The van der Waals surface area contributed by atoms with Crippen molar-refractivity contribution in [3.8, 4) is 0 Å². The topological polar surface area (TPSA) is 27.1 Å². The Morgan fingerprint density at radius 3 is 2.88 bits per heavy atom. The Kier molecular flexibility index (Phi) is 4.05. The van der Waals surface area contributed by atoms with Gasteiger partial charge in [0.05, 0.1) is 5.57 Å². The van der Waals surface area contributed by atoms with Gasteiger partial charge in [-0.3, -0.25) is 4.57 Å². The van der Waals surface area contributed by atoms with Gasteiger partial charge >= 0.3 is 0 Å². The lowest BCUT2D eigenvalue weighted by Gasteiger charge is -2.19. The van der Waals surface area contributed by atoms with Gasteiger partial charge in [0.25, 0.3) is 0 Å². The van der Waals surface area contributed by atoms with Crippen LogP contribution in [0.2, 0.25) is 0 Å². The van der Waals surface area contributed by atoms with Gasteiger partial charge in [0.1, 0.15) is 17.4 Å². The van der Waals surface area contributed by atoms with Crippen LogP contribution in [0, 0.1) is 0 Å². The van der Waals surface area contributed by atoms with Crippen LogP contribution < -0.4 is 0 Å². The van der Waals surface area contributed by atoms with Crippen molar-refractivity contribution in [1.82, 2.24) is 9.55 Å². The Labute approximate surface area is 94.6 Å². The number of nitrogens with zero attached hydrogens (tertiary/aromatic N) is 2. The highest BCUT2D eigenvalue weighted by Gasteiger charge is 2.20. The summed E-state index contributed by atoms with van der Waals surface area (Å²) in [5.41, 5.74) is 0.358. The molecule has 0 saturated heterocycles.